The average Bonchev–Trinajstić information content (AvgIpc) is 2.50. The van der Waals surface area contributed by atoms with Crippen LogP contribution in [0.15, 0.2) is 41.7 Å². The molecule has 1 aromatic heterocycles. The Balaban J connectivity index is 1.95. The summed E-state index contributed by atoms with van der Waals surface area (Å²) in [5, 5.41) is 3.56. The van der Waals surface area contributed by atoms with E-state index in [2.05, 4.69) is 20.3 Å². The molecule has 5 nitrogen and oxygen atoms in total. The number of anilines is 2. The lowest BCUT2D eigenvalue weighted by Gasteiger charge is -2.30. The number of nitrogens with one attached hydrogen (secondary N) is 1. The molecule has 0 spiro atoms. The third-order valence-corrected chi connectivity index (χ3v) is 4.36. The molecule has 3 N–H and O–H groups in total. The largest absolute Gasteiger partial charge is 0.379 e. The zero-order valence-corrected chi connectivity index (χ0v) is 12.9. The van der Waals surface area contributed by atoms with Crippen molar-refractivity contribution < 1.29 is 4.39 Å². The van der Waals surface area contributed by atoms with E-state index in [1.165, 1.54) is 17.8 Å². The molecule has 1 aliphatic heterocycles. The van der Waals surface area contributed by atoms with Crippen molar-refractivity contribution in [1.29, 1.82) is 0 Å². The van der Waals surface area contributed by atoms with Crippen LogP contribution in [-0.4, -0.2) is 20.9 Å². The molecular formula is C15H16FN5S. The molecule has 2 aromatic rings. The number of nitrogens with zero attached hydrogens (tertiary/aromatic N) is 3. The predicted molar refractivity (Wildman–Crippen MR) is 87.8 cm³/mol. The third kappa shape index (κ3) is 3.04. The van der Waals surface area contributed by atoms with Crippen molar-refractivity contribution in [3.05, 3.63) is 48.0 Å². The number of nitrogens with two attached hydrogens (primary N) is 1. The van der Waals surface area contributed by atoms with Crippen LogP contribution in [0.4, 0.5) is 16.0 Å². The van der Waals surface area contributed by atoms with Crippen molar-refractivity contribution in [3.8, 4) is 0 Å². The first kappa shape index (κ1) is 14.8. The minimum absolute atomic E-state index is 0.287. The second kappa shape index (κ2) is 5.92. The minimum Gasteiger partial charge on any atom is -0.379 e. The van der Waals surface area contributed by atoms with Crippen molar-refractivity contribution in [3.63, 3.8) is 0 Å². The molecule has 0 unspecified atom stereocenters. The molecule has 1 aliphatic rings. The molecule has 0 aliphatic carbocycles. The number of hydrogen-bond donors (Lipinski definition) is 2. The molecule has 0 bridgehead atoms. The second-order valence-corrected chi connectivity index (χ2v) is 6.33. The molecule has 0 saturated heterocycles. The molecule has 0 fully saturated rings. The normalized spacial score (nSPS) is 21.3. The first-order valence-corrected chi connectivity index (χ1v) is 7.88. The Hall–Kier alpha value is -2.15. The van der Waals surface area contributed by atoms with Gasteiger partial charge in [0.1, 0.15) is 5.82 Å². The van der Waals surface area contributed by atoms with Crippen LogP contribution in [-0.2, 0) is 5.54 Å². The smallest absolute Gasteiger partial charge is 0.227 e. The number of thioether (sulfide) groups is 1. The summed E-state index contributed by atoms with van der Waals surface area (Å²) in [6, 6.07) is 6.57. The van der Waals surface area contributed by atoms with Gasteiger partial charge in [-0.05, 0) is 37.6 Å². The maximum absolute atomic E-state index is 14.3. The van der Waals surface area contributed by atoms with Crippen molar-refractivity contribution >= 4 is 28.6 Å². The number of benzene rings is 1. The summed E-state index contributed by atoms with van der Waals surface area (Å²) < 4.78 is 14.3. The molecule has 0 amide bonds. The summed E-state index contributed by atoms with van der Waals surface area (Å²) in [4.78, 5) is 12.7. The Morgan fingerprint density at radius 3 is 2.82 bits per heavy atom. The Bertz CT molecular complexity index is 706. The first-order valence-electron chi connectivity index (χ1n) is 6.89. The summed E-state index contributed by atoms with van der Waals surface area (Å²) in [6.45, 7) is 1.90. The standard InChI is InChI=1S/C15H16FN5S/c1-15(5-8-22-13(17)21-15)11-9-10(3-4-12(11)16)20-14-18-6-2-7-19-14/h2-4,6-7,9H,5,8H2,1H3,(H2,17,21)(H,18,19,20)/t15-/m0/s1. The molecule has 1 atom stereocenters. The first-order chi connectivity index (χ1) is 10.6. The SMILES string of the molecule is C[C@@]1(c2cc(Nc3ncccn3)ccc2F)CCSC(N)=N1. The summed E-state index contributed by atoms with van der Waals surface area (Å²) in [5.41, 5.74) is 6.41. The highest BCUT2D eigenvalue weighted by molar-refractivity contribution is 8.13. The highest BCUT2D eigenvalue weighted by Gasteiger charge is 2.32. The average molecular weight is 317 g/mol. The zero-order chi connectivity index (χ0) is 15.6. The summed E-state index contributed by atoms with van der Waals surface area (Å²) in [5.74, 6) is 1.00. The highest BCUT2D eigenvalue weighted by Crippen LogP contribution is 2.37. The fraction of sp³-hybridized carbons (Fsp3) is 0.267. The van der Waals surface area contributed by atoms with Crippen molar-refractivity contribution in [2.75, 3.05) is 11.1 Å². The molecule has 1 aromatic carbocycles. The van der Waals surface area contributed by atoms with Gasteiger partial charge in [-0.2, -0.15) is 0 Å². The number of rotatable bonds is 3. The minimum atomic E-state index is -0.644. The molecule has 0 radical (unpaired) electrons. The predicted octanol–water partition coefficient (Wildman–Crippen LogP) is 3.03. The molecule has 0 saturated carbocycles. The number of aromatic nitrogens is 2. The molecule has 114 valence electrons. The van der Waals surface area contributed by atoms with Crippen molar-refractivity contribution in [2.45, 2.75) is 18.9 Å². The van der Waals surface area contributed by atoms with Gasteiger partial charge in [0.05, 0.1) is 5.54 Å². The number of aliphatic imine (C=N–C) groups is 1. The lowest BCUT2D eigenvalue weighted by Crippen LogP contribution is -2.29. The van der Waals surface area contributed by atoms with Crippen LogP contribution in [0.1, 0.15) is 18.9 Å². The second-order valence-electron chi connectivity index (χ2n) is 5.21. The van der Waals surface area contributed by atoms with Crippen LogP contribution >= 0.6 is 11.8 Å². The van der Waals surface area contributed by atoms with Gasteiger partial charge in [-0.15, -0.1) is 0 Å². The molecule has 3 rings (SSSR count). The molecule has 22 heavy (non-hydrogen) atoms. The molecular weight excluding hydrogens is 301 g/mol. The van der Waals surface area contributed by atoms with Crippen LogP contribution in [0.5, 0.6) is 0 Å². The fourth-order valence-corrected chi connectivity index (χ4v) is 3.36. The van der Waals surface area contributed by atoms with Crippen LogP contribution in [0, 0.1) is 5.82 Å². The van der Waals surface area contributed by atoms with E-state index in [-0.39, 0.29) is 5.82 Å². The van der Waals surface area contributed by atoms with E-state index in [1.54, 1.807) is 30.6 Å². The van der Waals surface area contributed by atoms with Crippen LogP contribution in [0.3, 0.4) is 0 Å². The van der Waals surface area contributed by atoms with E-state index < -0.39 is 5.54 Å². The number of halogens is 1. The quantitative estimate of drug-likeness (QED) is 0.910. The van der Waals surface area contributed by atoms with E-state index in [0.717, 1.165) is 17.9 Å². The van der Waals surface area contributed by atoms with Gasteiger partial charge in [0.2, 0.25) is 5.95 Å². The van der Waals surface area contributed by atoms with Crippen LogP contribution < -0.4 is 11.1 Å². The lowest BCUT2D eigenvalue weighted by molar-refractivity contribution is 0.450. The Kier molecular flexibility index (Phi) is 3.98. The summed E-state index contributed by atoms with van der Waals surface area (Å²) in [7, 11) is 0. The van der Waals surface area contributed by atoms with Crippen LogP contribution in [0.2, 0.25) is 0 Å². The van der Waals surface area contributed by atoms with E-state index in [9.17, 15) is 4.39 Å². The van der Waals surface area contributed by atoms with E-state index >= 15 is 0 Å². The lowest BCUT2D eigenvalue weighted by atomic mass is 9.89. The maximum atomic E-state index is 14.3. The van der Waals surface area contributed by atoms with Gasteiger partial charge in [0, 0.05) is 29.4 Å². The van der Waals surface area contributed by atoms with Gasteiger partial charge in [0.15, 0.2) is 5.17 Å². The topological polar surface area (TPSA) is 76.2 Å². The zero-order valence-electron chi connectivity index (χ0n) is 12.1. The van der Waals surface area contributed by atoms with Gasteiger partial charge in [0.25, 0.3) is 0 Å². The maximum Gasteiger partial charge on any atom is 0.227 e. The van der Waals surface area contributed by atoms with Gasteiger partial charge in [-0.3, -0.25) is 4.99 Å². The number of amidine groups is 1. The third-order valence-electron chi connectivity index (χ3n) is 3.56. The summed E-state index contributed by atoms with van der Waals surface area (Å²) >= 11 is 1.50. The van der Waals surface area contributed by atoms with E-state index in [1.807, 2.05) is 6.92 Å². The van der Waals surface area contributed by atoms with Gasteiger partial charge < -0.3 is 11.1 Å². The van der Waals surface area contributed by atoms with Gasteiger partial charge in [-0.25, -0.2) is 14.4 Å². The molecule has 7 heteroatoms. The monoisotopic (exact) mass is 317 g/mol. The van der Waals surface area contributed by atoms with Crippen LogP contribution in [0.25, 0.3) is 0 Å². The fourth-order valence-electron chi connectivity index (χ4n) is 2.39. The highest BCUT2D eigenvalue weighted by atomic mass is 32.2. The van der Waals surface area contributed by atoms with Crippen molar-refractivity contribution in [1.82, 2.24) is 9.97 Å². The van der Waals surface area contributed by atoms with Gasteiger partial charge >= 0.3 is 0 Å². The summed E-state index contributed by atoms with van der Waals surface area (Å²) in [6.07, 6.45) is 4.02. The van der Waals surface area contributed by atoms with Crippen molar-refractivity contribution in [2.24, 2.45) is 10.7 Å². The Labute approximate surface area is 132 Å². The number of hydrogen-bond acceptors (Lipinski definition) is 6. The van der Waals surface area contributed by atoms with E-state index in [0.29, 0.717) is 16.7 Å². The Morgan fingerprint density at radius 2 is 2.09 bits per heavy atom. The Morgan fingerprint density at radius 1 is 1.32 bits per heavy atom. The van der Waals surface area contributed by atoms with E-state index in [4.69, 9.17) is 5.73 Å². The van der Waals surface area contributed by atoms with Gasteiger partial charge in [-0.1, -0.05) is 11.8 Å². The molecule has 2 heterocycles.